The van der Waals surface area contributed by atoms with Crippen LogP contribution in [0.25, 0.3) is 0 Å². The molecule has 35 heavy (non-hydrogen) atoms. The number of aliphatic hydroxyl groups is 1. The van der Waals surface area contributed by atoms with Crippen LogP contribution in [0.2, 0.25) is 0 Å². The van der Waals surface area contributed by atoms with Crippen molar-refractivity contribution in [2.45, 2.75) is 68.5 Å². The Morgan fingerprint density at radius 3 is 2.09 bits per heavy atom. The predicted octanol–water partition coefficient (Wildman–Crippen LogP) is 7.28. The molecule has 0 radical (unpaired) electrons. The zero-order valence-electron chi connectivity index (χ0n) is 21.2. The Bertz CT molecular complexity index is 971. The summed E-state index contributed by atoms with van der Waals surface area (Å²) in [5, 5.41) is 12.7. The van der Waals surface area contributed by atoms with E-state index in [-0.39, 0.29) is 4.08 Å². The highest BCUT2D eigenvalue weighted by Crippen LogP contribution is 2.63. The molecule has 5 heteroatoms. The van der Waals surface area contributed by atoms with Crippen LogP contribution in [0.15, 0.2) is 48.5 Å². The second-order valence-corrected chi connectivity index (χ2v) is 12.5. The van der Waals surface area contributed by atoms with Crippen molar-refractivity contribution >= 4 is 23.5 Å². The number of para-hydroxylation sites is 2. The highest BCUT2D eigenvalue weighted by molar-refractivity contribution is 8.18. The molecule has 0 amide bonds. The third-order valence-electron chi connectivity index (χ3n) is 6.85. The Kier molecular flexibility index (Phi) is 9.53. The van der Waals surface area contributed by atoms with E-state index in [0.717, 1.165) is 79.4 Å². The van der Waals surface area contributed by atoms with Crippen LogP contribution in [0, 0.1) is 11.8 Å². The van der Waals surface area contributed by atoms with E-state index >= 15 is 0 Å². The van der Waals surface area contributed by atoms with Crippen molar-refractivity contribution in [1.29, 1.82) is 0 Å². The first-order valence-corrected chi connectivity index (χ1v) is 15.2. The third-order valence-corrected chi connectivity index (χ3v) is 10.5. The molecular formula is C30H39NO2S2. The maximum Gasteiger partial charge on any atom is 0.145 e. The molecule has 2 aromatic carbocycles. The van der Waals surface area contributed by atoms with E-state index in [1.54, 1.807) is 0 Å². The maximum atomic E-state index is 12.7. The first kappa shape index (κ1) is 26.5. The molecular weight excluding hydrogens is 470 g/mol. The van der Waals surface area contributed by atoms with Gasteiger partial charge < -0.3 is 9.84 Å². The number of fused-ring (bicyclic) bond motifs is 2. The van der Waals surface area contributed by atoms with E-state index < -0.39 is 5.60 Å². The average Bonchev–Trinajstić information content (AvgIpc) is 2.89. The van der Waals surface area contributed by atoms with Gasteiger partial charge in [0.1, 0.15) is 17.1 Å². The zero-order chi connectivity index (χ0) is 24.6. The lowest BCUT2D eigenvalue weighted by Gasteiger charge is -2.51. The second-order valence-electron chi connectivity index (χ2n) is 9.44. The summed E-state index contributed by atoms with van der Waals surface area (Å²) >= 11 is 3.88. The van der Waals surface area contributed by atoms with Gasteiger partial charge in [0.2, 0.25) is 0 Å². The fraction of sp³-hybridized carbons (Fsp3) is 0.533. The van der Waals surface area contributed by atoms with Crippen molar-refractivity contribution in [3.05, 3.63) is 59.7 Å². The number of hydrogen-bond donors (Lipinski definition) is 1. The lowest BCUT2D eigenvalue weighted by molar-refractivity contribution is 0.0528. The van der Waals surface area contributed by atoms with Crippen molar-refractivity contribution in [1.82, 2.24) is 4.90 Å². The summed E-state index contributed by atoms with van der Waals surface area (Å²) in [6, 6.07) is 16.1. The van der Waals surface area contributed by atoms with E-state index in [0.29, 0.717) is 0 Å². The van der Waals surface area contributed by atoms with Gasteiger partial charge >= 0.3 is 0 Å². The number of hydrogen-bond acceptors (Lipinski definition) is 5. The smallest absolute Gasteiger partial charge is 0.145 e. The van der Waals surface area contributed by atoms with Gasteiger partial charge in [0.05, 0.1) is 10.6 Å². The molecule has 188 valence electrons. The number of unbranched alkanes of at least 4 members (excludes halogenated alkanes) is 2. The van der Waals surface area contributed by atoms with E-state index in [1.165, 1.54) is 19.3 Å². The zero-order valence-corrected chi connectivity index (χ0v) is 22.9. The predicted molar refractivity (Wildman–Crippen MR) is 151 cm³/mol. The van der Waals surface area contributed by atoms with Crippen molar-refractivity contribution in [3.63, 3.8) is 0 Å². The van der Waals surface area contributed by atoms with E-state index in [1.807, 2.05) is 72.1 Å². The third kappa shape index (κ3) is 5.72. The van der Waals surface area contributed by atoms with Crippen LogP contribution in [0.4, 0.5) is 0 Å². The molecule has 4 rings (SSSR count). The van der Waals surface area contributed by atoms with Crippen LogP contribution in [-0.2, 0) is 5.60 Å². The van der Waals surface area contributed by atoms with Gasteiger partial charge in [-0.1, -0.05) is 62.6 Å². The van der Waals surface area contributed by atoms with Crippen molar-refractivity contribution in [3.8, 4) is 23.3 Å². The fourth-order valence-electron chi connectivity index (χ4n) is 5.22. The quantitative estimate of drug-likeness (QED) is 0.269. The Balaban J connectivity index is 1.50. The Morgan fingerprint density at radius 2 is 1.49 bits per heavy atom. The van der Waals surface area contributed by atoms with Gasteiger partial charge in [0, 0.05) is 17.5 Å². The molecule has 0 spiro atoms. The maximum absolute atomic E-state index is 12.7. The summed E-state index contributed by atoms with van der Waals surface area (Å²) in [5.74, 6) is 10.5. The molecule has 3 nitrogen and oxygen atoms in total. The second kappa shape index (κ2) is 12.6. The SMILES string of the molecule is CCCN(CC#CCCCCC1(C2(O)c3ccccc3Oc3ccccc32)SCCCS1)CCC. The lowest BCUT2D eigenvalue weighted by Crippen LogP contribution is -2.51. The van der Waals surface area contributed by atoms with Gasteiger partial charge in [-0.3, -0.25) is 4.90 Å². The molecule has 1 N–H and O–H groups in total. The molecule has 0 aromatic heterocycles. The minimum absolute atomic E-state index is 0.340. The molecule has 0 unspecified atom stereocenters. The van der Waals surface area contributed by atoms with Crippen molar-refractivity contribution in [2.75, 3.05) is 31.1 Å². The summed E-state index contributed by atoms with van der Waals surface area (Å²) in [4.78, 5) is 2.45. The number of thioether (sulfide) groups is 2. The highest BCUT2D eigenvalue weighted by Gasteiger charge is 2.57. The Hall–Kier alpha value is -1.58. The van der Waals surface area contributed by atoms with E-state index in [9.17, 15) is 5.11 Å². The molecule has 1 saturated heterocycles. The van der Waals surface area contributed by atoms with Crippen LogP contribution in [0.1, 0.15) is 69.9 Å². The van der Waals surface area contributed by atoms with Gasteiger partial charge in [-0.25, -0.2) is 0 Å². The molecule has 2 aromatic rings. The monoisotopic (exact) mass is 509 g/mol. The molecule has 1 fully saturated rings. The number of ether oxygens (including phenoxy) is 1. The first-order valence-electron chi connectivity index (χ1n) is 13.2. The van der Waals surface area contributed by atoms with Gasteiger partial charge in [0.25, 0.3) is 0 Å². The number of benzene rings is 2. The topological polar surface area (TPSA) is 32.7 Å². The summed E-state index contributed by atoms with van der Waals surface area (Å²) in [7, 11) is 0. The molecule has 0 atom stereocenters. The van der Waals surface area contributed by atoms with Crippen LogP contribution in [0.5, 0.6) is 11.5 Å². The Labute approximate surface area is 220 Å². The summed E-state index contributed by atoms with van der Waals surface area (Å²) in [6.07, 6.45) is 7.53. The van der Waals surface area contributed by atoms with E-state index in [2.05, 4.69) is 30.6 Å². The largest absolute Gasteiger partial charge is 0.457 e. The van der Waals surface area contributed by atoms with Crippen molar-refractivity contribution < 1.29 is 9.84 Å². The fourth-order valence-corrected chi connectivity index (χ4v) is 8.91. The molecule has 0 aliphatic carbocycles. The lowest BCUT2D eigenvalue weighted by atomic mass is 9.78. The van der Waals surface area contributed by atoms with Gasteiger partial charge in [-0.15, -0.1) is 29.4 Å². The summed E-state index contributed by atoms with van der Waals surface area (Å²) < 4.78 is 5.89. The van der Waals surface area contributed by atoms with Crippen LogP contribution < -0.4 is 4.74 Å². The molecule has 2 aliphatic rings. The molecule has 0 bridgehead atoms. The minimum atomic E-state index is -1.10. The minimum Gasteiger partial charge on any atom is -0.457 e. The Morgan fingerprint density at radius 1 is 0.886 bits per heavy atom. The van der Waals surface area contributed by atoms with Crippen LogP contribution >= 0.6 is 23.5 Å². The highest BCUT2D eigenvalue weighted by atomic mass is 32.2. The molecule has 0 saturated carbocycles. The molecule has 2 heterocycles. The van der Waals surface area contributed by atoms with Gasteiger partial charge in [0.15, 0.2) is 0 Å². The normalized spacial score (nSPS) is 17.6. The number of nitrogens with zero attached hydrogens (tertiary/aromatic N) is 1. The first-order chi connectivity index (χ1) is 17.1. The molecule has 2 aliphatic heterocycles. The van der Waals surface area contributed by atoms with Crippen LogP contribution in [-0.4, -0.2) is 45.2 Å². The number of rotatable bonds is 10. The van der Waals surface area contributed by atoms with Crippen LogP contribution in [0.3, 0.4) is 0 Å². The summed E-state index contributed by atoms with van der Waals surface area (Å²) in [6.45, 7) is 7.60. The summed E-state index contributed by atoms with van der Waals surface area (Å²) in [5.41, 5.74) is 0.695. The van der Waals surface area contributed by atoms with Crippen molar-refractivity contribution in [2.24, 2.45) is 0 Å². The van der Waals surface area contributed by atoms with Gasteiger partial charge in [-0.05, 0) is 68.8 Å². The van der Waals surface area contributed by atoms with Gasteiger partial charge in [-0.2, -0.15) is 0 Å². The standard InChI is InChI=1S/C30H39NO2S2/c1-3-20-31(21-4-2)22-13-7-5-6-12-19-29(34-23-14-24-35-29)30(32)25-15-8-10-17-27(25)33-28-18-11-9-16-26(28)30/h8-11,15-18,32H,3-6,12,14,19-24H2,1-2H3. The van der Waals surface area contributed by atoms with E-state index in [4.69, 9.17) is 4.74 Å². The average molecular weight is 510 g/mol.